The fourth-order valence-electron chi connectivity index (χ4n) is 1.03. The Balaban J connectivity index is 4.68. The van der Waals surface area contributed by atoms with Gasteiger partial charge in [-0.2, -0.15) is 0 Å². The van der Waals surface area contributed by atoms with Gasteiger partial charge in [-0.1, -0.05) is 26.0 Å². The highest BCUT2D eigenvalue weighted by molar-refractivity contribution is 7.89. The zero-order valence-corrected chi connectivity index (χ0v) is 9.97. The summed E-state index contributed by atoms with van der Waals surface area (Å²) in [6.07, 6.45) is 0. The van der Waals surface area contributed by atoms with Crippen LogP contribution in [-0.4, -0.2) is 31.3 Å². The lowest BCUT2D eigenvalue weighted by molar-refractivity contribution is -0.140. The van der Waals surface area contributed by atoms with Gasteiger partial charge in [-0.15, -0.1) is 0 Å². The second-order valence-electron chi connectivity index (χ2n) is 3.89. The summed E-state index contributed by atoms with van der Waals surface area (Å²) in [4.78, 5) is 10.8. The Kier molecular flexibility index (Phi) is 4.96. The lowest BCUT2D eigenvalue weighted by Gasteiger charge is -2.17. The van der Waals surface area contributed by atoms with Crippen LogP contribution >= 0.6 is 0 Å². The average molecular weight is 235 g/mol. The molecule has 0 aliphatic heterocycles. The quantitative estimate of drug-likeness (QED) is 0.660. The van der Waals surface area contributed by atoms with E-state index in [1.165, 1.54) is 0 Å². The molecule has 5 nitrogen and oxygen atoms in total. The summed E-state index contributed by atoms with van der Waals surface area (Å²) in [5.74, 6) is -1.72. The van der Waals surface area contributed by atoms with Crippen molar-refractivity contribution in [2.75, 3.05) is 5.75 Å². The Morgan fingerprint density at radius 2 is 1.93 bits per heavy atom. The molecule has 0 aromatic carbocycles. The third-order valence-electron chi connectivity index (χ3n) is 1.68. The molecule has 0 radical (unpaired) electrons. The van der Waals surface area contributed by atoms with Gasteiger partial charge in [-0.3, -0.25) is 4.79 Å². The average Bonchev–Trinajstić information content (AvgIpc) is 1.96. The highest BCUT2D eigenvalue weighted by Crippen LogP contribution is 2.05. The van der Waals surface area contributed by atoms with Gasteiger partial charge in [0.2, 0.25) is 10.0 Å². The number of carboxylic acids is 1. The van der Waals surface area contributed by atoms with Crippen LogP contribution in [0.2, 0.25) is 0 Å². The number of rotatable bonds is 6. The molecule has 1 atom stereocenters. The lowest BCUT2D eigenvalue weighted by atomic mass is 10.1. The van der Waals surface area contributed by atoms with Crippen molar-refractivity contribution < 1.29 is 18.3 Å². The van der Waals surface area contributed by atoms with Crippen molar-refractivity contribution in [3.63, 3.8) is 0 Å². The number of carboxylic acid groups (broad SMARTS) is 1. The van der Waals surface area contributed by atoms with Crippen molar-refractivity contribution in [1.29, 1.82) is 0 Å². The van der Waals surface area contributed by atoms with Crippen molar-refractivity contribution in [1.82, 2.24) is 4.72 Å². The molecule has 0 fully saturated rings. The van der Waals surface area contributed by atoms with E-state index in [0.29, 0.717) is 5.57 Å². The number of hydrogen-bond donors (Lipinski definition) is 2. The Labute approximate surface area is 90.2 Å². The van der Waals surface area contributed by atoms with Gasteiger partial charge in [0.25, 0.3) is 0 Å². The number of aliphatic carboxylic acids is 1. The Hall–Kier alpha value is -0.880. The molecule has 0 aliphatic rings. The van der Waals surface area contributed by atoms with E-state index in [4.69, 9.17) is 5.11 Å². The van der Waals surface area contributed by atoms with Gasteiger partial charge in [0.15, 0.2) is 0 Å². The topological polar surface area (TPSA) is 83.5 Å². The lowest BCUT2D eigenvalue weighted by Crippen LogP contribution is -2.45. The summed E-state index contributed by atoms with van der Waals surface area (Å²) in [6, 6.07) is -1.09. The van der Waals surface area contributed by atoms with Gasteiger partial charge >= 0.3 is 5.97 Å². The summed E-state index contributed by atoms with van der Waals surface area (Å²) in [7, 11) is -3.60. The fraction of sp³-hybridized carbons (Fsp3) is 0.667. The largest absolute Gasteiger partial charge is 0.480 e. The van der Waals surface area contributed by atoms with Crippen LogP contribution in [-0.2, 0) is 14.8 Å². The van der Waals surface area contributed by atoms with Crippen molar-refractivity contribution in [2.24, 2.45) is 5.92 Å². The summed E-state index contributed by atoms with van der Waals surface area (Å²) in [6.45, 7) is 8.33. The van der Waals surface area contributed by atoms with E-state index >= 15 is 0 Å². The standard InChI is InChI=1S/C9H17NO4S/c1-6(2)5-15(13,14)10-8(7(3)4)9(11)12/h7-8,10H,1,5H2,2-4H3,(H,11,12)/t8-/m0/s1. The van der Waals surface area contributed by atoms with E-state index in [2.05, 4.69) is 11.3 Å². The Morgan fingerprint density at radius 3 is 2.20 bits per heavy atom. The van der Waals surface area contributed by atoms with Gasteiger partial charge in [0.1, 0.15) is 6.04 Å². The van der Waals surface area contributed by atoms with E-state index < -0.39 is 22.0 Å². The molecule has 6 heteroatoms. The smallest absolute Gasteiger partial charge is 0.321 e. The van der Waals surface area contributed by atoms with E-state index in [1.54, 1.807) is 20.8 Å². The summed E-state index contributed by atoms with van der Waals surface area (Å²) in [5, 5.41) is 8.79. The van der Waals surface area contributed by atoms with Gasteiger partial charge in [-0.25, -0.2) is 13.1 Å². The minimum absolute atomic E-state index is 0.247. The van der Waals surface area contributed by atoms with Gasteiger partial charge < -0.3 is 5.11 Å². The van der Waals surface area contributed by atoms with Crippen molar-refractivity contribution in [3.8, 4) is 0 Å². The minimum Gasteiger partial charge on any atom is -0.480 e. The summed E-state index contributed by atoms with van der Waals surface area (Å²) in [5.41, 5.74) is 0.468. The predicted molar refractivity (Wildman–Crippen MR) is 58.0 cm³/mol. The van der Waals surface area contributed by atoms with Gasteiger partial charge in [0.05, 0.1) is 5.75 Å². The van der Waals surface area contributed by atoms with E-state index in [-0.39, 0.29) is 11.7 Å². The molecule has 0 bridgehead atoms. The second kappa shape index (κ2) is 5.27. The monoisotopic (exact) mass is 235 g/mol. The number of sulfonamides is 1. The van der Waals surface area contributed by atoms with Crippen LogP contribution in [0, 0.1) is 5.92 Å². The number of hydrogen-bond acceptors (Lipinski definition) is 3. The van der Waals surface area contributed by atoms with Crippen molar-refractivity contribution >= 4 is 16.0 Å². The zero-order valence-electron chi connectivity index (χ0n) is 9.15. The van der Waals surface area contributed by atoms with Crippen LogP contribution in [0.1, 0.15) is 20.8 Å². The Bertz CT molecular complexity index is 345. The molecule has 0 aliphatic carbocycles. The van der Waals surface area contributed by atoms with Gasteiger partial charge in [-0.05, 0) is 12.8 Å². The molecule has 0 aromatic rings. The van der Waals surface area contributed by atoms with Crippen LogP contribution < -0.4 is 4.72 Å². The number of nitrogens with one attached hydrogen (secondary N) is 1. The summed E-state index contributed by atoms with van der Waals surface area (Å²) >= 11 is 0. The molecule has 88 valence electrons. The van der Waals surface area contributed by atoms with Crippen molar-refractivity contribution in [2.45, 2.75) is 26.8 Å². The maximum absolute atomic E-state index is 11.4. The minimum atomic E-state index is -3.60. The molecule has 0 unspecified atom stereocenters. The third-order valence-corrected chi connectivity index (χ3v) is 3.16. The van der Waals surface area contributed by atoms with E-state index in [1.807, 2.05) is 0 Å². The first kappa shape index (κ1) is 14.1. The molecule has 0 spiro atoms. The number of carbonyl (C=O) groups is 1. The molecule has 0 saturated carbocycles. The molecule has 0 saturated heterocycles. The molecule has 0 heterocycles. The first-order valence-corrected chi connectivity index (χ1v) is 6.18. The molecular weight excluding hydrogens is 218 g/mol. The van der Waals surface area contributed by atoms with E-state index in [9.17, 15) is 13.2 Å². The predicted octanol–water partition coefficient (Wildman–Crippen LogP) is 0.591. The summed E-state index contributed by atoms with van der Waals surface area (Å²) < 4.78 is 25.0. The highest BCUT2D eigenvalue weighted by Gasteiger charge is 2.26. The molecule has 15 heavy (non-hydrogen) atoms. The van der Waals surface area contributed by atoms with Crippen LogP contribution in [0.5, 0.6) is 0 Å². The first-order chi connectivity index (χ1) is 6.65. The highest BCUT2D eigenvalue weighted by atomic mass is 32.2. The maximum atomic E-state index is 11.4. The van der Waals surface area contributed by atoms with Gasteiger partial charge in [0, 0.05) is 0 Å². The Morgan fingerprint density at radius 1 is 1.47 bits per heavy atom. The molecular formula is C9H17NO4S. The molecule has 2 N–H and O–H groups in total. The fourth-order valence-corrected chi connectivity index (χ4v) is 2.52. The van der Waals surface area contributed by atoms with Crippen molar-refractivity contribution in [3.05, 3.63) is 12.2 Å². The zero-order chi connectivity index (χ0) is 12.2. The second-order valence-corrected chi connectivity index (χ2v) is 5.65. The maximum Gasteiger partial charge on any atom is 0.321 e. The van der Waals surface area contributed by atoms with Crippen LogP contribution in [0.4, 0.5) is 0 Å². The molecule has 0 rings (SSSR count). The SMILES string of the molecule is C=C(C)CS(=O)(=O)N[C@H](C(=O)O)C(C)C. The van der Waals surface area contributed by atoms with Crippen LogP contribution in [0.25, 0.3) is 0 Å². The molecule has 0 amide bonds. The first-order valence-electron chi connectivity index (χ1n) is 4.53. The van der Waals surface area contributed by atoms with Crippen LogP contribution in [0.3, 0.4) is 0 Å². The normalized spacial score (nSPS) is 13.9. The van der Waals surface area contributed by atoms with E-state index in [0.717, 1.165) is 0 Å². The third kappa shape index (κ3) is 5.54. The van der Waals surface area contributed by atoms with Crippen LogP contribution in [0.15, 0.2) is 12.2 Å². The molecule has 0 aromatic heterocycles.